The molecule has 0 aliphatic carbocycles. The normalized spacial score (nSPS) is 11.4. The van der Waals surface area contributed by atoms with Gasteiger partial charge >= 0.3 is 6.36 Å². The van der Waals surface area contributed by atoms with Crippen molar-refractivity contribution in [3.8, 4) is 11.4 Å². The molecule has 1 amide bonds. The Balaban J connectivity index is 2.03. The summed E-state index contributed by atoms with van der Waals surface area (Å²) < 4.78 is 42.4. The predicted octanol–water partition coefficient (Wildman–Crippen LogP) is 3.22. The fourth-order valence-corrected chi connectivity index (χ4v) is 2.81. The van der Waals surface area contributed by atoms with Crippen molar-refractivity contribution < 1.29 is 27.8 Å². The molecule has 0 unspecified atom stereocenters. The summed E-state index contributed by atoms with van der Waals surface area (Å²) in [6.07, 6.45) is -3.64. The number of aliphatic hydroxyl groups is 1. The number of halogens is 3. The summed E-state index contributed by atoms with van der Waals surface area (Å²) >= 11 is 0. The van der Waals surface area contributed by atoms with E-state index >= 15 is 0 Å². The van der Waals surface area contributed by atoms with Crippen LogP contribution in [0.5, 0.6) is 5.75 Å². The first-order valence-corrected chi connectivity index (χ1v) is 8.19. The van der Waals surface area contributed by atoms with E-state index in [9.17, 15) is 23.1 Å². The van der Waals surface area contributed by atoms with Crippen molar-refractivity contribution >= 4 is 16.8 Å². The number of nitrogens with one attached hydrogen (secondary N) is 1. The van der Waals surface area contributed by atoms with Crippen LogP contribution in [-0.2, 0) is 17.9 Å². The first-order chi connectivity index (χ1) is 13.3. The first kappa shape index (κ1) is 19.4. The number of benzene rings is 2. The van der Waals surface area contributed by atoms with Crippen LogP contribution in [0, 0.1) is 0 Å². The minimum Gasteiger partial charge on any atom is -0.406 e. The van der Waals surface area contributed by atoms with Crippen LogP contribution < -0.4 is 10.1 Å². The van der Waals surface area contributed by atoms with Gasteiger partial charge in [-0.2, -0.15) is 5.10 Å². The zero-order chi connectivity index (χ0) is 20.3. The number of carbonyl (C=O) groups excluding carboxylic acids is 1. The molecular weight excluding hydrogens is 375 g/mol. The molecule has 0 aliphatic heterocycles. The molecule has 0 atom stereocenters. The number of nitrogens with zero attached hydrogens (tertiary/aromatic N) is 2. The molecule has 6 nitrogen and oxygen atoms in total. The van der Waals surface area contributed by atoms with E-state index in [4.69, 9.17) is 0 Å². The van der Waals surface area contributed by atoms with Crippen LogP contribution in [0.3, 0.4) is 0 Å². The van der Waals surface area contributed by atoms with E-state index < -0.39 is 6.36 Å². The molecule has 3 rings (SSSR count). The molecule has 9 heteroatoms. The monoisotopic (exact) mass is 391 g/mol. The summed E-state index contributed by atoms with van der Waals surface area (Å²) in [5, 5.41) is 17.4. The van der Waals surface area contributed by atoms with Gasteiger partial charge in [-0.15, -0.1) is 13.2 Å². The van der Waals surface area contributed by atoms with Crippen LogP contribution in [0.1, 0.15) is 11.3 Å². The van der Waals surface area contributed by atoms with Gasteiger partial charge in [-0.3, -0.25) is 4.79 Å². The highest BCUT2D eigenvalue weighted by Gasteiger charge is 2.31. The van der Waals surface area contributed by atoms with E-state index in [0.29, 0.717) is 27.8 Å². The maximum atomic E-state index is 12.3. The Morgan fingerprint density at radius 2 is 1.96 bits per heavy atom. The lowest BCUT2D eigenvalue weighted by atomic mass is 10.1. The van der Waals surface area contributed by atoms with Crippen LogP contribution >= 0.6 is 0 Å². The highest BCUT2D eigenvalue weighted by molar-refractivity contribution is 5.89. The van der Waals surface area contributed by atoms with Gasteiger partial charge in [0, 0.05) is 5.39 Å². The molecule has 146 valence electrons. The Kier molecular flexibility index (Phi) is 5.36. The summed E-state index contributed by atoms with van der Waals surface area (Å²) in [7, 11) is 0. The van der Waals surface area contributed by atoms with Crippen LogP contribution in [0.2, 0.25) is 0 Å². The van der Waals surface area contributed by atoms with Gasteiger partial charge in [0.15, 0.2) is 0 Å². The number of aliphatic hydroxyl groups excluding tert-OH is 1. The Morgan fingerprint density at radius 3 is 2.57 bits per heavy atom. The zero-order valence-corrected chi connectivity index (χ0v) is 14.5. The maximum absolute atomic E-state index is 12.3. The number of hydrogen-bond acceptors (Lipinski definition) is 4. The second-order valence-electron chi connectivity index (χ2n) is 5.79. The number of ether oxygens (including phenoxy) is 1. The number of aromatic nitrogens is 2. The molecule has 3 aromatic rings. The van der Waals surface area contributed by atoms with E-state index in [1.165, 1.54) is 28.9 Å². The number of amides is 1. The third-order valence-corrected chi connectivity index (χ3v) is 3.97. The number of rotatable bonds is 6. The lowest BCUT2D eigenvalue weighted by Gasteiger charge is -2.09. The molecule has 0 aliphatic rings. The fraction of sp³-hybridized carbons (Fsp3) is 0.158. The van der Waals surface area contributed by atoms with Gasteiger partial charge in [-0.05, 0) is 42.0 Å². The summed E-state index contributed by atoms with van der Waals surface area (Å²) in [4.78, 5) is 11.5. The van der Waals surface area contributed by atoms with E-state index in [1.807, 2.05) is 0 Å². The summed E-state index contributed by atoms with van der Waals surface area (Å²) in [5.41, 5.74) is 2.25. The molecule has 1 aromatic heterocycles. The van der Waals surface area contributed by atoms with E-state index in [0.717, 1.165) is 6.08 Å². The summed E-state index contributed by atoms with van der Waals surface area (Å²) in [6.45, 7) is 3.25. The highest BCUT2D eigenvalue weighted by atomic mass is 19.4. The lowest BCUT2D eigenvalue weighted by molar-refractivity contribution is -0.274. The first-order valence-electron chi connectivity index (χ1n) is 8.19. The average molecular weight is 391 g/mol. The number of fused-ring (bicyclic) bond motifs is 1. The largest absolute Gasteiger partial charge is 0.573 e. The van der Waals surface area contributed by atoms with Crippen molar-refractivity contribution in [2.75, 3.05) is 0 Å². The quantitative estimate of drug-likeness (QED) is 0.633. The molecule has 0 saturated heterocycles. The van der Waals surface area contributed by atoms with E-state index in [1.54, 1.807) is 18.2 Å². The topological polar surface area (TPSA) is 76.4 Å². The van der Waals surface area contributed by atoms with E-state index in [-0.39, 0.29) is 24.8 Å². The third-order valence-electron chi connectivity index (χ3n) is 3.97. The highest BCUT2D eigenvalue weighted by Crippen LogP contribution is 2.28. The number of carbonyl (C=O) groups is 1. The standard InChI is InChI=1S/C19H16F3N3O3/c1-2-17(27)23-10-15-18-12(11-26)4-3-5-16(18)25(24-15)13-6-8-14(9-7-13)28-19(20,21)22/h2-9,26H,1,10-11H2,(H,23,27). The fourth-order valence-electron chi connectivity index (χ4n) is 2.81. The predicted molar refractivity (Wildman–Crippen MR) is 95.7 cm³/mol. The van der Waals surface area contributed by atoms with Crippen LogP contribution in [0.4, 0.5) is 13.2 Å². The molecule has 0 fully saturated rings. The average Bonchev–Trinajstić information content (AvgIpc) is 3.04. The van der Waals surface area contributed by atoms with Gasteiger partial charge in [-0.25, -0.2) is 4.68 Å². The van der Waals surface area contributed by atoms with E-state index in [2.05, 4.69) is 21.7 Å². The minimum absolute atomic E-state index is 0.0979. The molecule has 0 radical (unpaired) electrons. The van der Waals surface area contributed by atoms with Gasteiger partial charge in [-0.1, -0.05) is 18.7 Å². The summed E-state index contributed by atoms with van der Waals surface area (Å²) in [6, 6.07) is 10.5. The molecule has 1 heterocycles. The van der Waals surface area contributed by atoms with Gasteiger partial charge in [0.05, 0.1) is 30.0 Å². The van der Waals surface area contributed by atoms with Crippen molar-refractivity contribution in [1.82, 2.24) is 15.1 Å². The Bertz CT molecular complexity index is 1010. The van der Waals surface area contributed by atoms with Gasteiger partial charge in [0.25, 0.3) is 0 Å². The maximum Gasteiger partial charge on any atom is 0.573 e. The zero-order valence-electron chi connectivity index (χ0n) is 14.5. The molecule has 0 bridgehead atoms. The third kappa shape index (κ3) is 4.15. The SMILES string of the molecule is C=CC(=O)NCc1nn(-c2ccc(OC(F)(F)F)cc2)c2cccc(CO)c12. The lowest BCUT2D eigenvalue weighted by Crippen LogP contribution is -2.20. The number of alkyl halides is 3. The van der Waals surface area contributed by atoms with Crippen LogP contribution in [-0.4, -0.2) is 27.2 Å². The Hall–Kier alpha value is -3.33. The van der Waals surface area contributed by atoms with Gasteiger partial charge in [0.2, 0.25) is 5.91 Å². The summed E-state index contributed by atoms with van der Waals surface area (Å²) in [5.74, 6) is -0.722. The smallest absolute Gasteiger partial charge is 0.406 e. The molecular formula is C19H16F3N3O3. The van der Waals surface area contributed by atoms with Crippen molar-refractivity contribution in [1.29, 1.82) is 0 Å². The Morgan fingerprint density at radius 1 is 1.25 bits per heavy atom. The van der Waals surface area contributed by atoms with Crippen LogP contribution in [0.25, 0.3) is 16.6 Å². The minimum atomic E-state index is -4.77. The molecule has 2 aromatic carbocycles. The van der Waals surface area contributed by atoms with Crippen molar-refractivity contribution in [3.63, 3.8) is 0 Å². The molecule has 0 saturated carbocycles. The van der Waals surface area contributed by atoms with Gasteiger partial charge in [0.1, 0.15) is 5.75 Å². The molecule has 0 spiro atoms. The van der Waals surface area contributed by atoms with Crippen molar-refractivity contribution in [2.24, 2.45) is 0 Å². The second-order valence-corrected chi connectivity index (χ2v) is 5.79. The second kappa shape index (κ2) is 7.73. The molecule has 2 N–H and O–H groups in total. The van der Waals surface area contributed by atoms with Crippen molar-refractivity contribution in [3.05, 3.63) is 66.4 Å². The number of hydrogen-bond donors (Lipinski definition) is 2. The molecule has 28 heavy (non-hydrogen) atoms. The van der Waals surface area contributed by atoms with Crippen LogP contribution in [0.15, 0.2) is 55.1 Å². The van der Waals surface area contributed by atoms with Crippen molar-refractivity contribution in [2.45, 2.75) is 19.5 Å². The van der Waals surface area contributed by atoms with Gasteiger partial charge < -0.3 is 15.2 Å². The Labute approximate surface area is 157 Å².